The summed E-state index contributed by atoms with van der Waals surface area (Å²) in [6, 6.07) is 4.23. The molecule has 1 aromatic rings. The summed E-state index contributed by atoms with van der Waals surface area (Å²) in [5, 5.41) is 0. The van der Waals surface area contributed by atoms with Gasteiger partial charge in [0, 0.05) is 6.04 Å². The number of hydrogen-bond acceptors (Lipinski definition) is 3. The van der Waals surface area contributed by atoms with Crippen LogP contribution in [-0.4, -0.2) is 20.8 Å². The Labute approximate surface area is 92.5 Å². The van der Waals surface area contributed by atoms with Crippen molar-refractivity contribution in [1.29, 1.82) is 0 Å². The van der Waals surface area contributed by atoms with Crippen LogP contribution in [0.2, 0.25) is 0 Å². The van der Waals surface area contributed by atoms with E-state index >= 15 is 0 Å². The smallest absolute Gasteiger partial charge is 0.285 e. The van der Waals surface area contributed by atoms with E-state index in [0.717, 1.165) is 12.8 Å². The van der Waals surface area contributed by atoms with Gasteiger partial charge in [0.2, 0.25) is 0 Å². The fourth-order valence-electron chi connectivity index (χ4n) is 1.81. The summed E-state index contributed by atoms with van der Waals surface area (Å²) in [6.45, 7) is 0. The number of fused-ring (bicyclic) bond motifs is 1. The second-order valence-corrected chi connectivity index (χ2v) is 5.52. The maximum atomic E-state index is 13.7. The number of benzene rings is 1. The Bertz CT molecular complexity index is 578. The van der Waals surface area contributed by atoms with E-state index in [9.17, 15) is 12.8 Å². The molecule has 1 fully saturated rings. The van der Waals surface area contributed by atoms with Gasteiger partial charge in [0.15, 0.2) is 0 Å². The molecule has 2 aliphatic rings. The van der Waals surface area contributed by atoms with Crippen LogP contribution in [0, 0.1) is 5.82 Å². The molecule has 0 bridgehead atoms. The molecule has 0 atom stereocenters. The minimum Gasteiger partial charge on any atom is -0.325 e. The van der Waals surface area contributed by atoms with Crippen molar-refractivity contribution in [2.75, 3.05) is 4.90 Å². The number of halogens is 1. The average molecular weight is 240 g/mol. The molecular formula is C10H9FN2O2S. The molecule has 0 N–H and O–H groups in total. The molecule has 1 aliphatic heterocycles. The van der Waals surface area contributed by atoms with Crippen molar-refractivity contribution in [2.45, 2.75) is 23.8 Å². The maximum Gasteiger partial charge on any atom is 0.285 e. The van der Waals surface area contributed by atoms with Gasteiger partial charge in [-0.1, -0.05) is 6.07 Å². The third kappa shape index (κ3) is 1.33. The lowest BCUT2D eigenvalue weighted by molar-refractivity contribution is 0.590. The third-order valence-corrected chi connectivity index (χ3v) is 3.99. The van der Waals surface area contributed by atoms with Gasteiger partial charge in [0.05, 0.1) is 5.69 Å². The number of sulfonamides is 1. The maximum absolute atomic E-state index is 13.7. The lowest BCUT2D eigenvalue weighted by Crippen LogP contribution is -2.30. The van der Waals surface area contributed by atoms with Crippen LogP contribution in [0.25, 0.3) is 0 Å². The van der Waals surface area contributed by atoms with Gasteiger partial charge in [-0.15, -0.1) is 4.40 Å². The number of rotatable bonds is 1. The molecule has 0 saturated heterocycles. The fraction of sp³-hybridized carbons (Fsp3) is 0.300. The number of hydrogen-bond donors (Lipinski definition) is 0. The number of para-hydroxylation sites is 1. The molecule has 1 aromatic carbocycles. The Kier molecular flexibility index (Phi) is 1.85. The van der Waals surface area contributed by atoms with Crippen molar-refractivity contribution in [1.82, 2.24) is 0 Å². The van der Waals surface area contributed by atoms with Crippen molar-refractivity contribution in [3.63, 3.8) is 0 Å². The molecule has 0 aromatic heterocycles. The van der Waals surface area contributed by atoms with Crippen LogP contribution in [0.4, 0.5) is 10.1 Å². The Morgan fingerprint density at radius 2 is 2.12 bits per heavy atom. The van der Waals surface area contributed by atoms with Crippen LogP contribution < -0.4 is 4.90 Å². The lowest BCUT2D eigenvalue weighted by atomic mass is 10.2. The van der Waals surface area contributed by atoms with E-state index in [1.807, 2.05) is 0 Å². The van der Waals surface area contributed by atoms with Crippen molar-refractivity contribution < 1.29 is 12.8 Å². The van der Waals surface area contributed by atoms with E-state index in [1.165, 1.54) is 24.5 Å². The van der Waals surface area contributed by atoms with Crippen LogP contribution >= 0.6 is 0 Å². The second-order valence-electron chi connectivity index (χ2n) is 3.92. The van der Waals surface area contributed by atoms with Crippen molar-refractivity contribution in [2.24, 2.45) is 4.40 Å². The standard InChI is InChI=1S/C10H9FN2O2S/c11-8-2-1-3-9-10(8)13(7-4-5-7)6-12-16(9,14)15/h1-3,6-7H,4-5H2. The van der Waals surface area contributed by atoms with Crippen molar-refractivity contribution >= 4 is 22.0 Å². The van der Waals surface area contributed by atoms with Crippen LogP contribution in [0.5, 0.6) is 0 Å². The summed E-state index contributed by atoms with van der Waals surface area (Å²) in [5.74, 6) is -0.515. The largest absolute Gasteiger partial charge is 0.325 e. The second kappa shape index (κ2) is 3.04. The molecule has 6 heteroatoms. The van der Waals surface area contributed by atoms with Crippen LogP contribution in [0.1, 0.15) is 12.8 Å². The number of anilines is 1. The zero-order valence-electron chi connectivity index (χ0n) is 8.30. The zero-order chi connectivity index (χ0) is 11.3. The molecular weight excluding hydrogens is 231 g/mol. The lowest BCUT2D eigenvalue weighted by Gasteiger charge is -2.25. The average Bonchev–Trinajstić information content (AvgIpc) is 3.03. The minimum absolute atomic E-state index is 0.0399. The molecule has 0 spiro atoms. The summed E-state index contributed by atoms with van der Waals surface area (Å²) in [5.41, 5.74) is 0.139. The normalized spacial score (nSPS) is 21.9. The summed E-state index contributed by atoms with van der Waals surface area (Å²) in [6.07, 6.45) is 3.11. The Morgan fingerprint density at radius 3 is 2.81 bits per heavy atom. The van der Waals surface area contributed by atoms with E-state index in [1.54, 1.807) is 4.90 Å². The van der Waals surface area contributed by atoms with E-state index < -0.39 is 15.8 Å². The highest BCUT2D eigenvalue weighted by molar-refractivity contribution is 7.90. The third-order valence-electron chi connectivity index (χ3n) is 2.74. The van der Waals surface area contributed by atoms with E-state index in [0.29, 0.717) is 0 Å². The van der Waals surface area contributed by atoms with Crippen molar-refractivity contribution in [3.05, 3.63) is 24.0 Å². The zero-order valence-corrected chi connectivity index (χ0v) is 9.11. The first-order valence-electron chi connectivity index (χ1n) is 4.97. The minimum atomic E-state index is -3.72. The topological polar surface area (TPSA) is 49.7 Å². The number of nitrogens with zero attached hydrogens (tertiary/aromatic N) is 2. The van der Waals surface area contributed by atoms with Gasteiger partial charge in [0.25, 0.3) is 10.0 Å². The summed E-state index contributed by atoms with van der Waals surface area (Å²) in [4.78, 5) is 1.58. The van der Waals surface area contributed by atoms with E-state index in [4.69, 9.17) is 0 Å². The first-order valence-corrected chi connectivity index (χ1v) is 6.41. The molecule has 1 heterocycles. The first kappa shape index (κ1) is 9.77. The highest BCUT2D eigenvalue weighted by Crippen LogP contribution is 2.38. The molecule has 0 unspecified atom stereocenters. The quantitative estimate of drug-likeness (QED) is 0.748. The molecule has 0 radical (unpaired) electrons. The molecule has 3 rings (SSSR count). The molecule has 1 saturated carbocycles. The highest BCUT2D eigenvalue weighted by atomic mass is 32.2. The Hall–Kier alpha value is -1.43. The Balaban J connectivity index is 2.26. The van der Waals surface area contributed by atoms with Gasteiger partial charge >= 0.3 is 0 Å². The highest BCUT2D eigenvalue weighted by Gasteiger charge is 2.36. The van der Waals surface area contributed by atoms with Gasteiger partial charge in [-0.3, -0.25) is 0 Å². The SMILES string of the molecule is O=S1(=O)N=CN(C2CC2)c2c(F)cccc21. The molecule has 84 valence electrons. The first-order chi connectivity index (χ1) is 7.59. The predicted molar refractivity (Wildman–Crippen MR) is 57.6 cm³/mol. The molecule has 4 nitrogen and oxygen atoms in total. The van der Waals surface area contributed by atoms with Gasteiger partial charge < -0.3 is 4.90 Å². The van der Waals surface area contributed by atoms with E-state index in [-0.39, 0.29) is 16.6 Å². The van der Waals surface area contributed by atoms with Gasteiger partial charge in [-0.05, 0) is 25.0 Å². The van der Waals surface area contributed by atoms with Crippen molar-refractivity contribution in [3.8, 4) is 0 Å². The monoisotopic (exact) mass is 240 g/mol. The fourth-order valence-corrected chi connectivity index (χ4v) is 2.85. The Morgan fingerprint density at radius 1 is 1.38 bits per heavy atom. The molecule has 0 amide bonds. The van der Waals surface area contributed by atoms with E-state index in [2.05, 4.69) is 4.40 Å². The van der Waals surface area contributed by atoms with Crippen LogP contribution in [0.15, 0.2) is 27.5 Å². The van der Waals surface area contributed by atoms with Crippen LogP contribution in [-0.2, 0) is 10.0 Å². The predicted octanol–water partition coefficient (Wildman–Crippen LogP) is 1.53. The van der Waals surface area contributed by atoms with Crippen LogP contribution in [0.3, 0.4) is 0 Å². The summed E-state index contributed by atoms with van der Waals surface area (Å²) in [7, 11) is -3.72. The van der Waals surface area contributed by atoms with Gasteiger partial charge in [-0.25, -0.2) is 4.39 Å². The summed E-state index contributed by atoms with van der Waals surface area (Å²) >= 11 is 0. The molecule has 16 heavy (non-hydrogen) atoms. The van der Waals surface area contributed by atoms with Gasteiger partial charge in [0.1, 0.15) is 17.1 Å². The van der Waals surface area contributed by atoms with Gasteiger partial charge in [-0.2, -0.15) is 8.42 Å². The molecule has 1 aliphatic carbocycles. The summed E-state index contributed by atoms with van der Waals surface area (Å²) < 4.78 is 40.4.